The average Bonchev–Trinajstić information content (AvgIpc) is 3.66. The molecule has 4 aromatic rings. The lowest BCUT2D eigenvalue weighted by Crippen LogP contribution is -2.15. The molecule has 34 heavy (non-hydrogen) atoms. The Balaban J connectivity index is 1.42. The smallest absolute Gasteiger partial charge is 0.337 e. The number of carbonyl (C=O) groups is 1. The van der Waals surface area contributed by atoms with Gasteiger partial charge in [-0.25, -0.2) is 4.79 Å². The van der Waals surface area contributed by atoms with Gasteiger partial charge >= 0.3 is 5.63 Å². The van der Waals surface area contributed by atoms with E-state index >= 15 is 0 Å². The second-order valence-electron chi connectivity index (χ2n) is 8.59. The molecular weight excluding hydrogens is 432 g/mol. The van der Waals surface area contributed by atoms with E-state index in [2.05, 4.69) is 9.97 Å². The summed E-state index contributed by atoms with van der Waals surface area (Å²) in [5, 5.41) is 0.252. The minimum absolute atomic E-state index is 0.0305. The van der Waals surface area contributed by atoms with E-state index in [1.165, 1.54) is 6.07 Å². The van der Waals surface area contributed by atoms with Crippen LogP contribution in [-0.2, 0) is 13.0 Å². The molecule has 2 aromatic heterocycles. The van der Waals surface area contributed by atoms with E-state index in [4.69, 9.17) is 9.15 Å². The molecule has 1 saturated carbocycles. The zero-order valence-electron chi connectivity index (χ0n) is 18.8. The van der Waals surface area contributed by atoms with Crippen LogP contribution >= 0.6 is 0 Å². The van der Waals surface area contributed by atoms with Crippen LogP contribution < -0.4 is 15.9 Å². The minimum Gasteiger partial charge on any atom is -0.460 e. The maximum absolute atomic E-state index is 12.6. The molecule has 2 heterocycles. The maximum Gasteiger partial charge on any atom is 0.337 e. The van der Waals surface area contributed by atoms with Gasteiger partial charge in [-0.1, -0.05) is 49.4 Å². The van der Waals surface area contributed by atoms with Gasteiger partial charge in [0.15, 0.2) is 5.78 Å². The third-order valence-electron chi connectivity index (χ3n) is 6.10. The molecule has 0 saturated heterocycles. The lowest BCUT2D eigenvalue weighted by Gasteiger charge is -2.12. The summed E-state index contributed by atoms with van der Waals surface area (Å²) in [6.07, 6.45) is 3.38. The number of Topliss-reactive ketones (excluding diaryl/α,β-unsaturated/α-hetero) is 1. The van der Waals surface area contributed by atoms with Crippen molar-refractivity contribution in [3.8, 4) is 17.1 Å². The minimum atomic E-state index is -0.560. The highest BCUT2D eigenvalue weighted by atomic mass is 16.5. The zero-order chi connectivity index (χ0) is 23.7. The number of nitrogens with zero attached hydrogens (tertiary/aromatic N) is 1. The Morgan fingerprint density at radius 2 is 1.91 bits per heavy atom. The number of nitrogens with one attached hydrogen (secondary N) is 1. The number of hydrogen-bond acceptors (Lipinski definition) is 6. The van der Waals surface area contributed by atoms with E-state index in [9.17, 15) is 14.4 Å². The summed E-state index contributed by atoms with van der Waals surface area (Å²) in [4.78, 5) is 43.8. The first-order valence-electron chi connectivity index (χ1n) is 11.4. The molecule has 0 radical (unpaired) electrons. The van der Waals surface area contributed by atoms with Crippen LogP contribution in [0.1, 0.15) is 47.7 Å². The van der Waals surface area contributed by atoms with Crippen molar-refractivity contribution in [2.75, 3.05) is 0 Å². The summed E-state index contributed by atoms with van der Waals surface area (Å²) in [5.41, 5.74) is 2.96. The summed E-state index contributed by atoms with van der Waals surface area (Å²) in [6.45, 7) is 1.98. The number of fused-ring (bicyclic) bond motifs is 1. The largest absolute Gasteiger partial charge is 0.460 e. The van der Waals surface area contributed by atoms with Crippen LogP contribution in [0.5, 0.6) is 6.01 Å². The number of aromatic nitrogens is 2. The summed E-state index contributed by atoms with van der Waals surface area (Å²) >= 11 is 0. The Labute approximate surface area is 195 Å². The van der Waals surface area contributed by atoms with Crippen LogP contribution in [0.2, 0.25) is 0 Å². The zero-order valence-corrected chi connectivity index (χ0v) is 18.8. The first-order valence-corrected chi connectivity index (χ1v) is 11.4. The number of carbonyl (C=O) groups excluding carboxylic acids is 1. The van der Waals surface area contributed by atoms with Gasteiger partial charge in [0.2, 0.25) is 5.71 Å². The highest BCUT2D eigenvalue weighted by molar-refractivity contribution is 5.97. The molecule has 0 bridgehead atoms. The fourth-order valence-corrected chi connectivity index (χ4v) is 4.11. The highest BCUT2D eigenvalue weighted by Crippen LogP contribution is 2.34. The molecule has 2 aromatic carbocycles. The predicted molar refractivity (Wildman–Crippen MR) is 128 cm³/mol. The van der Waals surface area contributed by atoms with Crippen molar-refractivity contribution in [3.63, 3.8) is 0 Å². The van der Waals surface area contributed by atoms with E-state index in [1.54, 1.807) is 0 Å². The molecule has 1 N–H and O–H groups in total. The molecule has 1 aliphatic rings. The van der Waals surface area contributed by atoms with Crippen molar-refractivity contribution in [1.29, 1.82) is 0 Å². The fraction of sp³-hybridized carbons (Fsp3) is 0.259. The molecule has 1 fully saturated rings. The molecule has 1 aliphatic carbocycles. The molecule has 7 heteroatoms. The van der Waals surface area contributed by atoms with Crippen LogP contribution in [-0.4, -0.2) is 15.8 Å². The number of rotatable bonds is 8. The standard InChI is InChI=1S/C27H24N2O5/c1-2-17-14-23(31)34-26-24(17)25(32)28-27(29-26)33-15-20-6-3-4-9-21(20)18-7-5-8-19(13-18)22(30)12-16-10-11-16/h3-9,13-14,16H,2,10-12,15H2,1H3,(H,28,29,32). The van der Waals surface area contributed by atoms with Crippen molar-refractivity contribution < 1.29 is 13.9 Å². The van der Waals surface area contributed by atoms with Gasteiger partial charge < -0.3 is 9.15 Å². The molecule has 0 amide bonds. The van der Waals surface area contributed by atoms with Crippen LogP contribution in [0.25, 0.3) is 22.2 Å². The summed E-state index contributed by atoms with van der Waals surface area (Å²) in [6, 6.07) is 16.6. The van der Waals surface area contributed by atoms with Gasteiger partial charge in [0.25, 0.3) is 11.6 Å². The lowest BCUT2D eigenvalue weighted by atomic mass is 9.96. The van der Waals surface area contributed by atoms with Crippen molar-refractivity contribution >= 4 is 16.9 Å². The van der Waals surface area contributed by atoms with E-state index in [1.807, 2.05) is 55.5 Å². The molecular formula is C27H24N2O5. The molecule has 0 atom stereocenters. The average molecular weight is 456 g/mol. The molecule has 5 rings (SSSR count). The van der Waals surface area contributed by atoms with Gasteiger partial charge in [0, 0.05) is 18.1 Å². The Kier molecular flexibility index (Phi) is 5.84. The number of aryl methyl sites for hydroxylation is 1. The van der Waals surface area contributed by atoms with Crippen molar-refractivity contribution in [3.05, 3.63) is 92.1 Å². The van der Waals surface area contributed by atoms with Crippen LogP contribution in [0.4, 0.5) is 0 Å². The Morgan fingerprint density at radius 1 is 1.09 bits per heavy atom. The number of benzene rings is 2. The van der Waals surface area contributed by atoms with Crippen molar-refractivity contribution in [2.45, 2.75) is 39.2 Å². The summed E-state index contributed by atoms with van der Waals surface area (Å²) in [5.74, 6) is 0.704. The Hall–Kier alpha value is -4.00. The van der Waals surface area contributed by atoms with Crippen molar-refractivity contribution in [1.82, 2.24) is 9.97 Å². The van der Waals surface area contributed by atoms with Crippen molar-refractivity contribution in [2.24, 2.45) is 5.92 Å². The number of aromatic amines is 1. The first kappa shape index (κ1) is 21.8. The van der Waals surface area contributed by atoms with E-state index in [-0.39, 0.29) is 29.5 Å². The van der Waals surface area contributed by atoms with Gasteiger partial charge in [-0.3, -0.25) is 14.6 Å². The van der Waals surface area contributed by atoms with Gasteiger partial charge in [-0.05, 0) is 53.5 Å². The third kappa shape index (κ3) is 4.55. The predicted octanol–water partition coefficient (Wildman–Crippen LogP) is 4.67. The summed E-state index contributed by atoms with van der Waals surface area (Å²) < 4.78 is 10.9. The maximum atomic E-state index is 12.6. The van der Waals surface area contributed by atoms with E-state index in [0.717, 1.165) is 29.5 Å². The molecule has 172 valence electrons. The topological polar surface area (TPSA) is 102 Å². The Morgan fingerprint density at radius 3 is 2.71 bits per heavy atom. The first-order chi connectivity index (χ1) is 16.5. The quantitative estimate of drug-likeness (QED) is 0.387. The molecule has 0 aliphatic heterocycles. The second-order valence-corrected chi connectivity index (χ2v) is 8.59. The SMILES string of the molecule is CCc1cc(=O)oc2nc(OCc3ccccc3-c3cccc(C(=O)CC4CC4)c3)[nH]c(=O)c12. The molecule has 0 spiro atoms. The number of hydrogen-bond donors (Lipinski definition) is 1. The fourth-order valence-electron chi connectivity index (χ4n) is 4.11. The number of ketones is 1. The Bertz CT molecular complexity index is 1500. The lowest BCUT2D eigenvalue weighted by molar-refractivity contribution is 0.0976. The monoisotopic (exact) mass is 456 g/mol. The van der Waals surface area contributed by atoms with Gasteiger partial charge in [0.1, 0.15) is 12.0 Å². The highest BCUT2D eigenvalue weighted by Gasteiger charge is 2.25. The van der Waals surface area contributed by atoms with E-state index in [0.29, 0.717) is 29.9 Å². The van der Waals surface area contributed by atoms with Gasteiger partial charge in [0.05, 0.1) is 0 Å². The summed E-state index contributed by atoms with van der Waals surface area (Å²) in [7, 11) is 0. The van der Waals surface area contributed by atoms with Crippen LogP contribution in [0, 0.1) is 5.92 Å². The number of ether oxygens (including phenoxy) is 1. The number of H-pyrrole nitrogens is 1. The molecule has 0 unspecified atom stereocenters. The molecule has 7 nitrogen and oxygen atoms in total. The second kappa shape index (κ2) is 9.09. The normalized spacial score (nSPS) is 13.2. The van der Waals surface area contributed by atoms with E-state index < -0.39 is 11.2 Å². The third-order valence-corrected chi connectivity index (χ3v) is 6.10. The van der Waals surface area contributed by atoms with Crippen LogP contribution in [0.3, 0.4) is 0 Å². The van der Waals surface area contributed by atoms with Crippen LogP contribution in [0.15, 0.2) is 68.6 Å². The van der Waals surface area contributed by atoms with Gasteiger partial charge in [-0.2, -0.15) is 4.98 Å². The van der Waals surface area contributed by atoms with Gasteiger partial charge in [-0.15, -0.1) is 0 Å².